The molecule has 0 unspecified atom stereocenters. The SMILES string of the molecule is COc1nc(Cl)nc(Nc2ccc(S(=O)(=O)O)c(N=Nc3c(S(=O)(=O)O)cc4cc(S(=O)(=O)O)c(N=Nc5ccc(S(=O)(=O)CCOS(=O)(=O)O)cc5)c(N)c4c3O)c2)n1.[Na].[Na].[Na].[Na]. The van der Waals surface area contributed by atoms with Gasteiger partial charge in [0, 0.05) is 124 Å². The number of nitrogen functional groups attached to an aromatic ring is 1. The number of phenols is 1. The second kappa shape index (κ2) is 23.6. The topological polar surface area (TPSA) is 416 Å². The average molecular weight is 1050 g/mol. The Kier molecular flexibility index (Phi) is 22.3. The van der Waals surface area contributed by atoms with Gasteiger partial charge in [-0.15, -0.1) is 15.3 Å². The monoisotopic (exact) mass is 1040 g/mol. The number of benzene rings is 4. The van der Waals surface area contributed by atoms with Crippen molar-refractivity contribution < 1.29 is 74.3 Å². The molecule has 36 heteroatoms. The van der Waals surface area contributed by atoms with Gasteiger partial charge in [0.1, 0.15) is 31.7 Å². The number of nitrogens with zero attached hydrogens (tertiary/aromatic N) is 7. The minimum Gasteiger partial charge on any atom is -0.505 e. The predicted octanol–water partition coefficient (Wildman–Crippen LogP) is 2.36. The van der Waals surface area contributed by atoms with Crippen molar-refractivity contribution in [3.63, 3.8) is 0 Å². The van der Waals surface area contributed by atoms with Gasteiger partial charge in [-0.3, -0.25) is 18.2 Å². The maximum atomic E-state index is 12.5. The average Bonchev–Trinajstić information content (AvgIpc) is 3.11. The number of fused-ring (bicyclic) bond motifs is 1. The maximum Gasteiger partial charge on any atom is 0.397 e. The second-order valence-corrected chi connectivity index (χ2v) is 19.1. The fourth-order valence-corrected chi connectivity index (χ4v) is 8.48. The summed E-state index contributed by atoms with van der Waals surface area (Å²) in [6, 6.07) is 7.89. The van der Waals surface area contributed by atoms with Crippen LogP contribution in [0.15, 0.2) is 94.6 Å². The fraction of sp³-hybridized carbons (Fsp3) is 0.107. The molecule has 0 saturated heterocycles. The Morgan fingerprint density at radius 3 is 1.78 bits per heavy atom. The summed E-state index contributed by atoms with van der Waals surface area (Å²) < 4.78 is 168. The van der Waals surface area contributed by atoms with E-state index in [9.17, 15) is 60.9 Å². The third-order valence-electron chi connectivity index (χ3n) is 7.44. The van der Waals surface area contributed by atoms with Crippen LogP contribution < -0.4 is 15.8 Å². The zero-order chi connectivity index (χ0) is 44.6. The number of aromatic hydroxyl groups is 1. The number of methoxy groups -OCH3 is 1. The standard InChI is InChI=1S/C28H24ClN9O17S5.4Na/c1-54-28-33-26(29)32-27(34-28)31-15-4-7-18(57(42,43)44)17(12-15)36-38-24-20(59(48,49)50)11-13-10-19(58(45,46)47)23(22(30)21(13)25(24)39)37-35-14-2-5-16(6-3-14)56(40,41)9-8-55-60(51,52)53;;;;/h2-7,10-12,39H,8-9,30H2,1H3,(H,42,43,44)(H,45,46,47)(H,48,49,50)(H,51,52,53)(H,31,32,33,34);;;;. The number of rotatable bonds is 15. The second-order valence-electron chi connectivity index (χ2n) is 11.4. The van der Waals surface area contributed by atoms with Crippen LogP contribution in [-0.2, 0) is 54.8 Å². The number of aromatic nitrogens is 3. The number of sulfone groups is 1. The molecule has 0 saturated carbocycles. The van der Waals surface area contributed by atoms with E-state index in [-0.39, 0.29) is 152 Å². The molecule has 0 aliphatic rings. The van der Waals surface area contributed by atoms with Crippen molar-refractivity contribution in [3.8, 4) is 11.8 Å². The number of azo groups is 2. The van der Waals surface area contributed by atoms with Gasteiger partial charge >= 0.3 is 16.4 Å². The molecule has 5 aromatic rings. The first-order valence-electron chi connectivity index (χ1n) is 15.4. The summed E-state index contributed by atoms with van der Waals surface area (Å²) in [5.41, 5.74) is 2.46. The van der Waals surface area contributed by atoms with E-state index in [1.807, 2.05) is 0 Å². The Morgan fingerprint density at radius 1 is 0.703 bits per heavy atom. The summed E-state index contributed by atoms with van der Waals surface area (Å²) >= 11 is 5.85. The van der Waals surface area contributed by atoms with Crippen LogP contribution in [0.3, 0.4) is 0 Å². The molecule has 64 heavy (non-hydrogen) atoms. The number of phenolic OH excluding ortho intramolecular Hbond substituents is 1. The van der Waals surface area contributed by atoms with Crippen molar-refractivity contribution in [1.82, 2.24) is 15.0 Å². The first kappa shape index (κ1) is 60.4. The molecular weight excluding hydrogens is 1020 g/mol. The molecule has 0 aliphatic carbocycles. The largest absolute Gasteiger partial charge is 0.505 e. The van der Waals surface area contributed by atoms with E-state index in [0.29, 0.717) is 12.1 Å². The van der Waals surface area contributed by atoms with Crippen LogP contribution in [0.1, 0.15) is 0 Å². The normalized spacial score (nSPS) is 12.2. The molecular formula is C28H24ClN9Na4O17S5. The minimum absolute atomic E-state index is 0. The summed E-state index contributed by atoms with van der Waals surface area (Å²) in [5, 5.41) is 27.3. The van der Waals surface area contributed by atoms with Crippen LogP contribution in [0, 0.1) is 0 Å². The van der Waals surface area contributed by atoms with Gasteiger partial charge in [0.15, 0.2) is 15.6 Å². The summed E-state index contributed by atoms with van der Waals surface area (Å²) in [7, 11) is -23.7. The van der Waals surface area contributed by atoms with Crippen molar-refractivity contribution in [2.24, 2.45) is 20.5 Å². The Labute approximate surface area is 456 Å². The van der Waals surface area contributed by atoms with Crippen molar-refractivity contribution in [3.05, 3.63) is 59.9 Å². The van der Waals surface area contributed by atoms with Crippen LogP contribution >= 0.6 is 11.6 Å². The first-order chi connectivity index (χ1) is 27.7. The van der Waals surface area contributed by atoms with Crippen LogP contribution in [0.25, 0.3) is 10.8 Å². The van der Waals surface area contributed by atoms with Crippen molar-refractivity contribution in [2.45, 2.75) is 19.6 Å². The van der Waals surface area contributed by atoms with Gasteiger partial charge in [-0.1, -0.05) is 0 Å². The first-order valence-corrected chi connectivity index (χ1v) is 23.1. The summed E-state index contributed by atoms with van der Waals surface area (Å²) in [6.07, 6.45) is 0. The third-order valence-corrected chi connectivity index (χ3v) is 12.4. The van der Waals surface area contributed by atoms with Gasteiger partial charge in [-0.25, -0.2) is 12.6 Å². The van der Waals surface area contributed by atoms with Crippen LogP contribution in [0.5, 0.6) is 11.8 Å². The predicted molar refractivity (Wildman–Crippen MR) is 228 cm³/mol. The Bertz CT molecular complexity index is 3210. The zero-order valence-electron chi connectivity index (χ0n) is 33.4. The van der Waals surface area contributed by atoms with E-state index in [1.54, 1.807) is 0 Å². The molecule has 5 rings (SSSR count). The Hall–Kier alpha value is -1.61. The van der Waals surface area contributed by atoms with Gasteiger partial charge in [-0.05, 0) is 71.6 Å². The summed E-state index contributed by atoms with van der Waals surface area (Å²) in [6.45, 7) is -0.921. The smallest absolute Gasteiger partial charge is 0.397 e. The quantitative estimate of drug-likeness (QED) is 0.0342. The van der Waals surface area contributed by atoms with E-state index in [2.05, 4.69) is 44.9 Å². The molecule has 0 fully saturated rings. The molecule has 4 aromatic carbocycles. The number of halogens is 1. The Balaban J connectivity index is 0.00000512. The molecule has 1 aromatic heterocycles. The molecule has 4 radical (unpaired) electrons. The maximum absolute atomic E-state index is 12.5. The molecule has 0 amide bonds. The molecule has 26 nitrogen and oxygen atoms in total. The molecule has 0 spiro atoms. The molecule has 0 atom stereocenters. The molecule has 0 aliphatic heterocycles. The van der Waals surface area contributed by atoms with Crippen molar-refractivity contribution >= 4 is 231 Å². The van der Waals surface area contributed by atoms with Gasteiger partial charge in [0.2, 0.25) is 11.2 Å². The Morgan fingerprint density at radius 2 is 1.25 bits per heavy atom. The van der Waals surface area contributed by atoms with Gasteiger partial charge in [0.05, 0.1) is 41.1 Å². The molecule has 0 bridgehead atoms. The number of hydrogen-bond acceptors (Lipinski definition) is 22. The molecule has 1 heterocycles. The molecule has 8 N–H and O–H groups in total. The third kappa shape index (κ3) is 15.5. The minimum atomic E-state index is -5.42. The van der Waals surface area contributed by atoms with Gasteiger partial charge in [0.25, 0.3) is 30.4 Å². The fourth-order valence-electron chi connectivity index (χ4n) is 4.90. The zero-order valence-corrected chi connectivity index (χ0v) is 46.2. The number of anilines is 3. The van der Waals surface area contributed by atoms with E-state index in [0.717, 1.165) is 42.5 Å². The van der Waals surface area contributed by atoms with E-state index in [1.165, 1.54) is 7.11 Å². The number of nitrogens with two attached hydrogens (primary N) is 1. The van der Waals surface area contributed by atoms with Crippen LogP contribution in [0.2, 0.25) is 5.28 Å². The number of hydrogen-bond donors (Lipinski definition) is 7. The van der Waals surface area contributed by atoms with Crippen molar-refractivity contribution in [1.29, 1.82) is 0 Å². The van der Waals surface area contributed by atoms with Crippen LogP contribution in [-0.4, -0.2) is 218 Å². The van der Waals surface area contributed by atoms with Gasteiger partial charge < -0.3 is 20.9 Å². The number of ether oxygens (including phenoxy) is 1. The summed E-state index contributed by atoms with van der Waals surface area (Å²) in [5.74, 6) is -2.33. The number of nitrogens with one attached hydrogen (secondary N) is 1. The van der Waals surface area contributed by atoms with E-state index < -0.39 is 117 Å². The summed E-state index contributed by atoms with van der Waals surface area (Å²) in [4.78, 5) is 7.78. The van der Waals surface area contributed by atoms with Crippen molar-refractivity contribution in [2.75, 3.05) is 30.5 Å². The van der Waals surface area contributed by atoms with E-state index >= 15 is 0 Å². The van der Waals surface area contributed by atoms with Crippen LogP contribution in [0.4, 0.5) is 40.1 Å². The van der Waals surface area contributed by atoms with Gasteiger partial charge in [-0.2, -0.15) is 53.7 Å². The van der Waals surface area contributed by atoms with E-state index in [4.69, 9.17) is 26.6 Å². The molecule has 324 valence electrons.